The third kappa shape index (κ3) is 6.52. The lowest BCUT2D eigenvalue weighted by atomic mass is 10.1. The number of benzene rings is 1. The smallest absolute Gasteiger partial charge is 0.191 e. The third-order valence-electron chi connectivity index (χ3n) is 5.07. The number of aliphatic imine (C=N–C) groups is 1. The molecule has 1 heterocycles. The van der Waals surface area contributed by atoms with Crippen molar-refractivity contribution in [3.8, 4) is 5.75 Å². The van der Waals surface area contributed by atoms with E-state index in [1.807, 2.05) is 7.05 Å². The van der Waals surface area contributed by atoms with Crippen molar-refractivity contribution in [3.63, 3.8) is 0 Å². The highest BCUT2D eigenvalue weighted by Gasteiger charge is 2.12. The van der Waals surface area contributed by atoms with Gasteiger partial charge >= 0.3 is 0 Å². The van der Waals surface area contributed by atoms with Gasteiger partial charge in [0.25, 0.3) is 0 Å². The summed E-state index contributed by atoms with van der Waals surface area (Å²) in [6.07, 6.45) is 4.39. The van der Waals surface area contributed by atoms with Crippen LogP contribution in [0.3, 0.4) is 0 Å². The van der Waals surface area contributed by atoms with E-state index in [9.17, 15) is 0 Å². The number of guanidine groups is 1. The number of ether oxygens (including phenoxy) is 1. The molecular formula is C21H36N4O. The molecule has 1 unspecified atom stereocenters. The molecule has 0 saturated carbocycles. The first-order valence-electron chi connectivity index (χ1n) is 10.1. The van der Waals surface area contributed by atoms with Gasteiger partial charge in [0.05, 0.1) is 6.61 Å². The minimum Gasteiger partial charge on any atom is -0.493 e. The first-order chi connectivity index (χ1) is 12.7. The Hall–Kier alpha value is -1.75. The molecule has 0 radical (unpaired) electrons. The summed E-state index contributed by atoms with van der Waals surface area (Å²) in [5, 5.41) is 6.94. The molecule has 0 fully saturated rings. The van der Waals surface area contributed by atoms with E-state index >= 15 is 0 Å². The zero-order valence-corrected chi connectivity index (χ0v) is 17.0. The average molecular weight is 361 g/mol. The van der Waals surface area contributed by atoms with Crippen LogP contribution in [-0.4, -0.2) is 56.7 Å². The molecule has 0 amide bonds. The van der Waals surface area contributed by atoms with Gasteiger partial charge in [0, 0.05) is 26.1 Å². The van der Waals surface area contributed by atoms with E-state index in [-0.39, 0.29) is 0 Å². The van der Waals surface area contributed by atoms with Crippen molar-refractivity contribution in [2.45, 2.75) is 52.5 Å². The van der Waals surface area contributed by atoms with Crippen molar-refractivity contribution in [1.82, 2.24) is 15.5 Å². The Morgan fingerprint density at radius 1 is 1.31 bits per heavy atom. The predicted molar refractivity (Wildman–Crippen MR) is 110 cm³/mol. The largest absolute Gasteiger partial charge is 0.493 e. The van der Waals surface area contributed by atoms with Crippen LogP contribution in [0.2, 0.25) is 0 Å². The molecule has 0 spiro atoms. The van der Waals surface area contributed by atoms with E-state index in [0.29, 0.717) is 6.04 Å². The molecule has 0 saturated heterocycles. The second-order valence-electron chi connectivity index (χ2n) is 7.00. The van der Waals surface area contributed by atoms with Gasteiger partial charge in [-0.25, -0.2) is 0 Å². The molecule has 26 heavy (non-hydrogen) atoms. The Balaban J connectivity index is 1.67. The van der Waals surface area contributed by atoms with Crippen molar-refractivity contribution in [2.24, 2.45) is 4.99 Å². The third-order valence-corrected chi connectivity index (χ3v) is 5.07. The maximum absolute atomic E-state index is 5.57. The van der Waals surface area contributed by atoms with E-state index in [1.165, 1.54) is 24.1 Å². The minimum atomic E-state index is 0.425. The average Bonchev–Trinajstić information content (AvgIpc) is 3.12. The number of nitrogens with zero attached hydrogens (tertiary/aromatic N) is 2. The highest BCUT2D eigenvalue weighted by atomic mass is 16.5. The van der Waals surface area contributed by atoms with E-state index in [4.69, 9.17) is 4.74 Å². The molecule has 146 valence electrons. The topological polar surface area (TPSA) is 48.9 Å². The summed E-state index contributed by atoms with van der Waals surface area (Å²) >= 11 is 0. The lowest BCUT2D eigenvalue weighted by Crippen LogP contribution is -2.43. The van der Waals surface area contributed by atoms with Crippen LogP contribution >= 0.6 is 0 Å². The summed E-state index contributed by atoms with van der Waals surface area (Å²) in [5.41, 5.74) is 2.69. The molecule has 0 aliphatic carbocycles. The summed E-state index contributed by atoms with van der Waals surface area (Å²) in [6, 6.07) is 6.96. The highest BCUT2D eigenvalue weighted by Crippen LogP contribution is 2.25. The Morgan fingerprint density at radius 3 is 2.85 bits per heavy atom. The maximum Gasteiger partial charge on any atom is 0.191 e. The molecule has 1 aromatic carbocycles. The van der Waals surface area contributed by atoms with Gasteiger partial charge in [0.15, 0.2) is 5.96 Å². The SMILES string of the molecule is CCN(CC)CCCC(C)NC(=NC)NCCc1ccc2c(c1)CCO2. The number of nitrogens with one attached hydrogen (secondary N) is 2. The lowest BCUT2D eigenvalue weighted by Gasteiger charge is -2.21. The number of hydrogen-bond donors (Lipinski definition) is 2. The van der Waals surface area contributed by atoms with Crippen molar-refractivity contribution in [2.75, 3.05) is 39.8 Å². The second kappa shape index (κ2) is 11.1. The Labute approximate surface area is 159 Å². The van der Waals surface area contributed by atoms with Gasteiger partial charge in [0.2, 0.25) is 0 Å². The van der Waals surface area contributed by atoms with Crippen LogP contribution in [0.5, 0.6) is 5.75 Å². The van der Waals surface area contributed by atoms with Crippen LogP contribution in [0.15, 0.2) is 23.2 Å². The first kappa shape index (κ1) is 20.6. The van der Waals surface area contributed by atoms with Crippen molar-refractivity contribution >= 4 is 5.96 Å². The number of hydrogen-bond acceptors (Lipinski definition) is 3. The fraction of sp³-hybridized carbons (Fsp3) is 0.667. The summed E-state index contributed by atoms with van der Waals surface area (Å²) < 4.78 is 5.57. The van der Waals surface area contributed by atoms with Crippen LogP contribution in [0.25, 0.3) is 0 Å². The van der Waals surface area contributed by atoms with Crippen LogP contribution in [0.1, 0.15) is 44.7 Å². The molecule has 5 nitrogen and oxygen atoms in total. The zero-order valence-electron chi connectivity index (χ0n) is 17.0. The van der Waals surface area contributed by atoms with Crippen LogP contribution in [0, 0.1) is 0 Å². The number of fused-ring (bicyclic) bond motifs is 1. The Morgan fingerprint density at radius 2 is 2.12 bits per heavy atom. The molecule has 1 aliphatic rings. The summed E-state index contributed by atoms with van der Waals surface area (Å²) in [7, 11) is 1.84. The molecule has 2 N–H and O–H groups in total. The van der Waals surface area contributed by atoms with E-state index in [0.717, 1.165) is 57.2 Å². The monoisotopic (exact) mass is 360 g/mol. The van der Waals surface area contributed by atoms with Crippen LogP contribution in [0.4, 0.5) is 0 Å². The maximum atomic E-state index is 5.57. The molecule has 1 atom stereocenters. The highest BCUT2D eigenvalue weighted by molar-refractivity contribution is 5.79. The van der Waals surface area contributed by atoms with Crippen molar-refractivity contribution in [3.05, 3.63) is 29.3 Å². The lowest BCUT2D eigenvalue weighted by molar-refractivity contribution is 0.292. The van der Waals surface area contributed by atoms with Crippen molar-refractivity contribution < 1.29 is 4.74 Å². The molecular weight excluding hydrogens is 324 g/mol. The number of rotatable bonds is 10. The predicted octanol–water partition coefficient (Wildman–Crippen LogP) is 2.84. The quantitative estimate of drug-likeness (QED) is 0.498. The normalized spacial score (nSPS) is 14.9. The first-order valence-corrected chi connectivity index (χ1v) is 10.1. The zero-order chi connectivity index (χ0) is 18.8. The van der Waals surface area contributed by atoms with Gasteiger partial charge in [-0.15, -0.1) is 0 Å². The van der Waals surface area contributed by atoms with Gasteiger partial charge in [-0.1, -0.05) is 26.0 Å². The van der Waals surface area contributed by atoms with E-state index in [2.05, 4.69) is 59.5 Å². The second-order valence-corrected chi connectivity index (χ2v) is 7.00. The van der Waals surface area contributed by atoms with Gasteiger partial charge < -0.3 is 20.3 Å². The summed E-state index contributed by atoms with van der Waals surface area (Å²) in [5.74, 6) is 1.95. The van der Waals surface area contributed by atoms with Crippen molar-refractivity contribution in [1.29, 1.82) is 0 Å². The fourth-order valence-corrected chi connectivity index (χ4v) is 3.38. The van der Waals surface area contributed by atoms with E-state index in [1.54, 1.807) is 0 Å². The van der Waals surface area contributed by atoms with Crippen LogP contribution < -0.4 is 15.4 Å². The molecule has 1 aliphatic heterocycles. The Bertz CT molecular complexity index is 569. The van der Waals surface area contributed by atoms with Gasteiger partial charge in [-0.3, -0.25) is 4.99 Å². The van der Waals surface area contributed by atoms with Gasteiger partial charge in [-0.2, -0.15) is 0 Å². The minimum absolute atomic E-state index is 0.425. The summed E-state index contributed by atoms with van der Waals surface area (Å²) in [4.78, 5) is 6.83. The molecule has 0 aromatic heterocycles. The molecule has 2 rings (SSSR count). The standard InChI is InChI=1S/C21H36N4O/c1-5-25(6-2)14-7-8-17(3)24-21(22-4)23-13-11-18-9-10-20-19(16-18)12-15-26-20/h9-10,16-17H,5-8,11-15H2,1-4H3,(H2,22,23,24). The summed E-state index contributed by atoms with van der Waals surface area (Å²) in [6.45, 7) is 11.8. The van der Waals surface area contributed by atoms with Crippen LogP contribution in [-0.2, 0) is 12.8 Å². The fourth-order valence-electron chi connectivity index (χ4n) is 3.38. The van der Waals surface area contributed by atoms with Gasteiger partial charge in [-0.05, 0) is 63.0 Å². The molecule has 1 aromatic rings. The van der Waals surface area contributed by atoms with E-state index < -0.39 is 0 Å². The molecule has 0 bridgehead atoms. The molecule has 5 heteroatoms. The van der Waals surface area contributed by atoms with Gasteiger partial charge in [0.1, 0.15) is 5.75 Å². The Kier molecular flexibility index (Phi) is 8.75.